The highest BCUT2D eigenvalue weighted by Gasteiger charge is 2.49. The Kier molecular flexibility index (Phi) is 4.32. The second-order valence-corrected chi connectivity index (χ2v) is 9.77. The Balaban J connectivity index is 1.80. The largest absolute Gasteiger partial charge is 0.373 e. The first-order chi connectivity index (χ1) is 14.4. The molecule has 0 amide bonds. The molecule has 4 nitrogen and oxygen atoms in total. The second kappa shape index (κ2) is 6.69. The molecule has 0 bridgehead atoms. The van der Waals surface area contributed by atoms with E-state index in [1.807, 2.05) is 26.4 Å². The zero-order valence-electron chi connectivity index (χ0n) is 18.5. The van der Waals surface area contributed by atoms with Crippen LogP contribution >= 0.6 is 0 Å². The van der Waals surface area contributed by atoms with Gasteiger partial charge in [-0.15, -0.1) is 0 Å². The molecule has 2 aromatic heterocycles. The van der Waals surface area contributed by atoms with Crippen molar-refractivity contribution in [2.24, 2.45) is 0 Å². The van der Waals surface area contributed by atoms with Crippen molar-refractivity contribution in [3.05, 3.63) is 53.5 Å². The van der Waals surface area contributed by atoms with Crippen molar-refractivity contribution in [3.8, 4) is 11.3 Å². The zero-order valence-corrected chi connectivity index (χ0v) is 18.5. The number of hydrogen-bond donors (Lipinski definition) is 1. The second-order valence-electron chi connectivity index (χ2n) is 9.77. The summed E-state index contributed by atoms with van der Waals surface area (Å²) in [6, 6.07) is 8.70. The number of fused-ring (bicyclic) bond motifs is 4. The number of ketones is 1. The van der Waals surface area contributed by atoms with Crippen LogP contribution in [0.25, 0.3) is 16.8 Å². The first-order valence-corrected chi connectivity index (χ1v) is 11.3. The fraction of sp³-hybridized carbons (Fsp3) is 0.462. The average Bonchev–Trinajstić information content (AvgIpc) is 3.40. The van der Waals surface area contributed by atoms with Gasteiger partial charge in [0.15, 0.2) is 5.78 Å². The van der Waals surface area contributed by atoms with Crippen LogP contribution in [0.5, 0.6) is 0 Å². The number of unbranched alkanes of at least 4 members (excludes halogenated alkanes) is 1. The molecule has 0 saturated heterocycles. The van der Waals surface area contributed by atoms with Crippen LogP contribution in [-0.2, 0) is 23.1 Å². The highest BCUT2D eigenvalue weighted by molar-refractivity contribution is 6.04. The van der Waals surface area contributed by atoms with Crippen LogP contribution < -0.4 is 5.32 Å². The molecule has 1 aliphatic heterocycles. The minimum absolute atomic E-state index is 0.306. The molecule has 5 rings (SSSR count). The molecule has 0 spiro atoms. The quantitative estimate of drug-likeness (QED) is 0.609. The van der Waals surface area contributed by atoms with Gasteiger partial charge in [0.1, 0.15) is 0 Å². The van der Waals surface area contributed by atoms with Crippen LogP contribution in [0.4, 0.5) is 5.69 Å². The average molecular weight is 402 g/mol. The molecule has 0 radical (unpaired) electrons. The van der Waals surface area contributed by atoms with Crippen molar-refractivity contribution in [1.29, 1.82) is 0 Å². The number of Topliss-reactive ketones (excluding diaryl/α,β-unsaturated/α-hetero) is 1. The summed E-state index contributed by atoms with van der Waals surface area (Å²) in [5.41, 5.74) is 7.80. The van der Waals surface area contributed by atoms with E-state index in [0.717, 1.165) is 37.6 Å². The Morgan fingerprint density at radius 1 is 1.17 bits per heavy atom. The highest BCUT2D eigenvalue weighted by atomic mass is 16.1. The number of aromatic nitrogens is 2. The lowest BCUT2D eigenvalue weighted by molar-refractivity contribution is -0.128. The van der Waals surface area contributed by atoms with Crippen LogP contribution in [0, 0.1) is 0 Å². The topological polar surface area (TPSA) is 46.4 Å². The van der Waals surface area contributed by atoms with E-state index in [4.69, 9.17) is 0 Å². The molecule has 1 aliphatic carbocycles. The summed E-state index contributed by atoms with van der Waals surface area (Å²) in [4.78, 5) is 18.0. The van der Waals surface area contributed by atoms with E-state index in [-0.39, 0.29) is 0 Å². The van der Waals surface area contributed by atoms with Gasteiger partial charge in [0.25, 0.3) is 0 Å². The molecular formula is C26H31N3O. The molecule has 3 heterocycles. The fourth-order valence-corrected chi connectivity index (χ4v) is 5.72. The fourth-order valence-electron chi connectivity index (χ4n) is 5.72. The molecule has 0 saturated carbocycles. The predicted molar refractivity (Wildman–Crippen MR) is 122 cm³/mol. The van der Waals surface area contributed by atoms with Gasteiger partial charge >= 0.3 is 0 Å². The van der Waals surface area contributed by atoms with E-state index in [1.54, 1.807) is 0 Å². The van der Waals surface area contributed by atoms with E-state index in [1.165, 1.54) is 40.1 Å². The zero-order chi connectivity index (χ0) is 21.1. The number of benzene rings is 1. The number of nitrogens with one attached hydrogen (secondary N) is 1. The maximum Gasteiger partial charge on any atom is 0.167 e. The normalized spacial score (nSPS) is 22.1. The van der Waals surface area contributed by atoms with Gasteiger partial charge in [-0.1, -0.05) is 25.8 Å². The SMILES string of the molecule is CCCCC1(C)C(=O)C(C)(C)Nc2c1cc(-c1cccc3cncn13)c1c2CCC1. The van der Waals surface area contributed by atoms with E-state index in [2.05, 4.69) is 52.8 Å². The van der Waals surface area contributed by atoms with Crippen molar-refractivity contribution in [2.75, 3.05) is 5.32 Å². The molecule has 30 heavy (non-hydrogen) atoms. The van der Waals surface area contributed by atoms with Gasteiger partial charge in [0.05, 0.1) is 34.7 Å². The van der Waals surface area contributed by atoms with Crippen LogP contribution in [0.15, 0.2) is 36.8 Å². The van der Waals surface area contributed by atoms with Crippen LogP contribution in [0.3, 0.4) is 0 Å². The number of pyridine rings is 1. The Morgan fingerprint density at radius 3 is 2.77 bits per heavy atom. The third-order valence-electron chi connectivity index (χ3n) is 7.26. The molecule has 3 aromatic rings. The Morgan fingerprint density at radius 2 is 1.97 bits per heavy atom. The monoisotopic (exact) mass is 401 g/mol. The van der Waals surface area contributed by atoms with Crippen LogP contribution in [-0.4, -0.2) is 20.7 Å². The van der Waals surface area contributed by atoms with Gasteiger partial charge < -0.3 is 5.32 Å². The summed E-state index contributed by atoms with van der Waals surface area (Å²) < 4.78 is 2.17. The van der Waals surface area contributed by atoms with Crippen LogP contribution in [0.2, 0.25) is 0 Å². The molecule has 156 valence electrons. The van der Waals surface area contributed by atoms with Crippen molar-refractivity contribution in [1.82, 2.24) is 9.38 Å². The molecule has 1 N–H and O–H groups in total. The molecule has 2 aliphatic rings. The van der Waals surface area contributed by atoms with Gasteiger partial charge in [-0.25, -0.2) is 4.98 Å². The Bertz CT molecular complexity index is 1160. The molecule has 1 atom stereocenters. The number of carbonyl (C=O) groups is 1. The first kappa shape index (κ1) is 19.3. The van der Waals surface area contributed by atoms with E-state index in [9.17, 15) is 4.79 Å². The summed E-state index contributed by atoms with van der Waals surface area (Å²) in [6.45, 7) is 8.47. The number of hydrogen-bond acceptors (Lipinski definition) is 3. The summed E-state index contributed by atoms with van der Waals surface area (Å²) >= 11 is 0. The minimum atomic E-state index is -0.544. The van der Waals surface area contributed by atoms with E-state index < -0.39 is 11.0 Å². The third-order valence-corrected chi connectivity index (χ3v) is 7.26. The lowest BCUT2D eigenvalue weighted by atomic mass is 9.65. The molecule has 1 aromatic carbocycles. The van der Waals surface area contributed by atoms with Crippen molar-refractivity contribution in [2.45, 2.75) is 77.2 Å². The van der Waals surface area contributed by atoms with Gasteiger partial charge in [0.2, 0.25) is 0 Å². The van der Waals surface area contributed by atoms with Crippen molar-refractivity contribution in [3.63, 3.8) is 0 Å². The summed E-state index contributed by atoms with van der Waals surface area (Å²) in [5.74, 6) is 0.306. The first-order valence-electron chi connectivity index (χ1n) is 11.3. The number of nitrogens with zero attached hydrogens (tertiary/aromatic N) is 2. The molecule has 1 unspecified atom stereocenters. The number of rotatable bonds is 4. The summed E-state index contributed by atoms with van der Waals surface area (Å²) in [7, 11) is 0. The predicted octanol–water partition coefficient (Wildman–Crippen LogP) is 5.71. The van der Waals surface area contributed by atoms with Crippen molar-refractivity contribution >= 4 is 17.0 Å². The molecule has 4 heteroatoms. The standard InChI is InChI=1S/C26H31N3O/c1-5-6-13-26(4)21-14-20(22-12-7-9-17-15-27-16-29(17)22)18-10-8-11-19(18)23(21)28-25(2,3)24(26)30/h7,9,12,14-16,28H,5-6,8,10-11,13H2,1-4H3. The molecule has 0 fully saturated rings. The summed E-state index contributed by atoms with van der Waals surface area (Å²) in [6.07, 6.45) is 10.2. The van der Waals surface area contributed by atoms with Gasteiger partial charge in [-0.05, 0) is 81.3 Å². The maximum atomic E-state index is 13.7. The molecular weight excluding hydrogens is 370 g/mol. The van der Waals surface area contributed by atoms with Gasteiger partial charge in [-0.2, -0.15) is 0 Å². The third kappa shape index (κ3) is 2.65. The lowest BCUT2D eigenvalue weighted by Gasteiger charge is -2.45. The Hall–Kier alpha value is -2.62. The van der Waals surface area contributed by atoms with Gasteiger partial charge in [-0.3, -0.25) is 9.20 Å². The number of anilines is 1. The maximum absolute atomic E-state index is 13.7. The Labute approximate surface area is 178 Å². The van der Waals surface area contributed by atoms with Crippen molar-refractivity contribution < 1.29 is 4.79 Å². The minimum Gasteiger partial charge on any atom is -0.373 e. The van der Waals surface area contributed by atoms with Gasteiger partial charge in [0, 0.05) is 11.3 Å². The van der Waals surface area contributed by atoms with E-state index in [0.29, 0.717) is 5.78 Å². The lowest BCUT2D eigenvalue weighted by Crippen LogP contribution is -2.55. The van der Waals surface area contributed by atoms with E-state index >= 15 is 0 Å². The number of imidazole rings is 1. The highest BCUT2D eigenvalue weighted by Crippen LogP contribution is 2.50. The smallest absolute Gasteiger partial charge is 0.167 e. The number of carbonyl (C=O) groups excluding carboxylic acids is 1. The summed E-state index contributed by atoms with van der Waals surface area (Å²) in [5, 5.41) is 3.66. The van der Waals surface area contributed by atoms with Crippen LogP contribution in [0.1, 0.15) is 70.1 Å².